The zero-order valence-electron chi connectivity index (χ0n) is 23.2. The predicted molar refractivity (Wildman–Crippen MR) is 141 cm³/mol. The number of hydrogen-bond acceptors (Lipinski definition) is 7. The van der Waals surface area contributed by atoms with Crippen LogP contribution in [0.1, 0.15) is 89.5 Å². The van der Waals surface area contributed by atoms with Crippen molar-refractivity contribution in [3.8, 4) is 0 Å². The van der Waals surface area contributed by atoms with E-state index in [1.165, 1.54) is 18.6 Å². The molecule has 0 radical (unpaired) electrons. The van der Waals surface area contributed by atoms with Crippen LogP contribution in [-0.4, -0.2) is 63.7 Å². The Balaban J connectivity index is 1.55. The molecule has 0 spiro atoms. The topological polar surface area (TPSA) is 119 Å². The van der Waals surface area contributed by atoms with Gasteiger partial charge < -0.3 is 15.0 Å². The molecule has 38 heavy (non-hydrogen) atoms. The van der Waals surface area contributed by atoms with Crippen LogP contribution in [0.5, 0.6) is 0 Å². The highest BCUT2D eigenvalue weighted by molar-refractivity contribution is 5.98. The Hall–Kier alpha value is -2.84. The molecule has 2 amide bonds. The highest BCUT2D eigenvalue weighted by Gasteiger charge is 2.52. The second-order valence-corrected chi connectivity index (χ2v) is 12.2. The lowest BCUT2D eigenvalue weighted by Crippen LogP contribution is -2.51. The molecule has 2 heterocycles. The Morgan fingerprint density at radius 2 is 1.82 bits per heavy atom. The zero-order valence-corrected chi connectivity index (χ0v) is 23.2. The van der Waals surface area contributed by atoms with E-state index in [0.717, 1.165) is 44.9 Å². The molecule has 9 nitrogen and oxygen atoms in total. The van der Waals surface area contributed by atoms with Gasteiger partial charge in [0.1, 0.15) is 11.7 Å². The first kappa shape index (κ1) is 28.2. The van der Waals surface area contributed by atoms with Crippen LogP contribution in [-0.2, 0) is 19.1 Å². The van der Waals surface area contributed by atoms with Crippen molar-refractivity contribution in [2.45, 2.75) is 91.1 Å². The molecular weight excluding hydrogens is 484 g/mol. The average Bonchev–Trinajstić information content (AvgIpc) is 3.63. The van der Waals surface area contributed by atoms with E-state index in [1.807, 2.05) is 20.8 Å². The van der Waals surface area contributed by atoms with Crippen LogP contribution < -0.4 is 5.32 Å². The summed E-state index contributed by atoms with van der Waals surface area (Å²) < 4.78 is 5.39. The van der Waals surface area contributed by atoms with Crippen molar-refractivity contribution in [3.05, 3.63) is 24.3 Å². The first-order valence-corrected chi connectivity index (χ1v) is 14.2. The van der Waals surface area contributed by atoms with Gasteiger partial charge in [0.05, 0.1) is 18.8 Å². The third kappa shape index (κ3) is 6.07. The molecule has 1 aromatic rings. The summed E-state index contributed by atoms with van der Waals surface area (Å²) in [6.45, 7) is 8.46. The second kappa shape index (κ2) is 11.9. The Morgan fingerprint density at radius 1 is 1.08 bits per heavy atom. The van der Waals surface area contributed by atoms with Gasteiger partial charge in [0.25, 0.3) is 5.91 Å². The number of amides is 2. The van der Waals surface area contributed by atoms with Crippen molar-refractivity contribution in [3.63, 3.8) is 0 Å². The van der Waals surface area contributed by atoms with Crippen molar-refractivity contribution in [2.75, 3.05) is 13.2 Å². The SMILES string of the molecule is CCOC(=O)[C@@H]1[C@H]2CCC[C@H]2CN1C(=O)[C@@H](CC(=O)[C@@H](NC(=O)c1cnccn1)C1CCCC1)C(C)(C)C. The summed E-state index contributed by atoms with van der Waals surface area (Å²) in [6.07, 6.45) is 11.0. The number of fused-ring (bicyclic) bond motifs is 1. The summed E-state index contributed by atoms with van der Waals surface area (Å²) in [5.41, 5.74) is -0.355. The van der Waals surface area contributed by atoms with Gasteiger partial charge in [-0.05, 0) is 55.8 Å². The third-order valence-electron chi connectivity index (χ3n) is 8.75. The maximum atomic E-state index is 14.1. The number of carbonyl (C=O) groups is 4. The average molecular weight is 527 g/mol. The van der Waals surface area contributed by atoms with Crippen molar-refractivity contribution in [1.82, 2.24) is 20.2 Å². The molecule has 208 valence electrons. The van der Waals surface area contributed by atoms with E-state index in [4.69, 9.17) is 4.74 Å². The number of nitrogens with zero attached hydrogens (tertiary/aromatic N) is 3. The molecule has 2 saturated carbocycles. The number of ketones is 1. The summed E-state index contributed by atoms with van der Waals surface area (Å²) in [5, 5.41) is 2.93. The lowest BCUT2D eigenvalue weighted by molar-refractivity contribution is -0.157. The monoisotopic (exact) mass is 526 g/mol. The van der Waals surface area contributed by atoms with Crippen LogP contribution in [0.15, 0.2) is 18.6 Å². The molecule has 0 bridgehead atoms. The van der Waals surface area contributed by atoms with Crippen LogP contribution in [0.2, 0.25) is 0 Å². The number of likely N-dealkylation sites (tertiary alicyclic amines) is 1. The van der Waals surface area contributed by atoms with Crippen LogP contribution >= 0.6 is 0 Å². The highest BCUT2D eigenvalue weighted by Crippen LogP contribution is 2.44. The van der Waals surface area contributed by atoms with E-state index in [2.05, 4.69) is 15.3 Å². The fourth-order valence-corrected chi connectivity index (χ4v) is 6.74. The summed E-state index contributed by atoms with van der Waals surface area (Å²) >= 11 is 0. The standard InChI is InChI=1S/C29H42N4O5/c1-5-38-28(37)25-20-12-8-11-19(20)17-33(25)27(36)21(29(2,3)4)15-23(34)24(18-9-6-7-10-18)32-26(35)22-16-30-13-14-31-22/h13-14,16,18-21,24-25H,5-12,15,17H2,1-4H3,(H,32,35)/t19-,20-,21+,24-,25-/m0/s1. The Bertz CT molecular complexity index is 1020. The van der Waals surface area contributed by atoms with Crippen LogP contribution in [0.25, 0.3) is 0 Å². The van der Waals surface area contributed by atoms with Crippen LogP contribution in [0.4, 0.5) is 0 Å². The normalized spacial score (nSPS) is 25.1. The van der Waals surface area contributed by atoms with Gasteiger partial charge in [0.15, 0.2) is 5.78 Å². The minimum atomic E-state index is -0.691. The summed E-state index contributed by atoms with van der Waals surface area (Å²) in [6, 6.07) is -1.28. The predicted octanol–water partition coefficient (Wildman–Crippen LogP) is 3.58. The van der Waals surface area contributed by atoms with Gasteiger partial charge in [0.2, 0.25) is 5.91 Å². The summed E-state index contributed by atoms with van der Waals surface area (Å²) in [7, 11) is 0. The smallest absolute Gasteiger partial charge is 0.329 e. The number of aromatic nitrogens is 2. The fraction of sp³-hybridized carbons (Fsp3) is 0.724. The minimum Gasteiger partial charge on any atom is -0.464 e. The first-order chi connectivity index (χ1) is 18.1. The van der Waals surface area contributed by atoms with E-state index in [1.54, 1.807) is 11.8 Å². The molecule has 5 atom stereocenters. The lowest BCUT2D eigenvalue weighted by Gasteiger charge is -2.36. The number of hydrogen-bond donors (Lipinski definition) is 1. The molecule has 2 aliphatic carbocycles. The molecule has 0 aromatic carbocycles. The van der Waals surface area contributed by atoms with Gasteiger partial charge in [0, 0.05) is 31.3 Å². The quantitative estimate of drug-likeness (QED) is 0.489. The maximum Gasteiger partial charge on any atom is 0.329 e. The van der Waals surface area contributed by atoms with Crippen molar-refractivity contribution in [1.29, 1.82) is 0 Å². The Morgan fingerprint density at radius 3 is 2.45 bits per heavy atom. The number of Topliss-reactive ketones (excluding diaryl/α,β-unsaturated/α-hetero) is 1. The van der Waals surface area contributed by atoms with E-state index in [0.29, 0.717) is 12.5 Å². The van der Waals surface area contributed by atoms with E-state index >= 15 is 0 Å². The molecule has 3 fully saturated rings. The van der Waals surface area contributed by atoms with E-state index in [-0.39, 0.29) is 48.2 Å². The van der Waals surface area contributed by atoms with Crippen LogP contribution in [0.3, 0.4) is 0 Å². The maximum absolute atomic E-state index is 14.1. The number of carbonyl (C=O) groups excluding carboxylic acids is 4. The number of ether oxygens (including phenoxy) is 1. The van der Waals surface area contributed by atoms with Crippen molar-refractivity contribution >= 4 is 23.6 Å². The molecule has 1 saturated heterocycles. The summed E-state index contributed by atoms with van der Waals surface area (Å²) in [5.74, 6) is -1.27. The molecule has 0 unspecified atom stereocenters. The molecular formula is C29H42N4O5. The number of esters is 1. The van der Waals surface area contributed by atoms with Gasteiger partial charge in [-0.1, -0.05) is 40.0 Å². The van der Waals surface area contributed by atoms with Crippen LogP contribution in [0, 0.1) is 29.1 Å². The van der Waals surface area contributed by atoms with Gasteiger partial charge >= 0.3 is 5.97 Å². The number of rotatable bonds is 9. The molecule has 9 heteroatoms. The third-order valence-corrected chi connectivity index (χ3v) is 8.75. The highest BCUT2D eigenvalue weighted by atomic mass is 16.5. The summed E-state index contributed by atoms with van der Waals surface area (Å²) in [4.78, 5) is 63.7. The van der Waals surface area contributed by atoms with Crippen molar-refractivity contribution < 1.29 is 23.9 Å². The molecule has 3 aliphatic rings. The van der Waals surface area contributed by atoms with Crippen molar-refractivity contribution in [2.24, 2.45) is 29.1 Å². The van der Waals surface area contributed by atoms with E-state index < -0.39 is 29.3 Å². The second-order valence-electron chi connectivity index (χ2n) is 12.2. The Kier molecular flexibility index (Phi) is 8.83. The van der Waals surface area contributed by atoms with E-state index in [9.17, 15) is 19.2 Å². The molecule has 4 rings (SSSR count). The molecule has 1 N–H and O–H groups in total. The molecule has 1 aliphatic heterocycles. The largest absolute Gasteiger partial charge is 0.464 e. The lowest BCUT2D eigenvalue weighted by atomic mass is 9.75. The number of nitrogens with one attached hydrogen (secondary N) is 1. The van der Waals surface area contributed by atoms with Gasteiger partial charge in [-0.3, -0.25) is 19.4 Å². The zero-order chi connectivity index (χ0) is 27.4. The Labute approximate surface area is 225 Å². The first-order valence-electron chi connectivity index (χ1n) is 14.2. The minimum absolute atomic E-state index is 0.00558. The van der Waals surface area contributed by atoms with Gasteiger partial charge in [-0.2, -0.15) is 0 Å². The van der Waals surface area contributed by atoms with Gasteiger partial charge in [-0.15, -0.1) is 0 Å². The molecule has 1 aromatic heterocycles. The van der Waals surface area contributed by atoms with Gasteiger partial charge in [-0.25, -0.2) is 9.78 Å². The fourth-order valence-electron chi connectivity index (χ4n) is 6.74.